The highest BCUT2D eigenvalue weighted by Crippen LogP contribution is 2.35. The number of rotatable bonds is 6. The molecule has 33 heavy (non-hydrogen) atoms. The maximum absolute atomic E-state index is 14.7. The van der Waals surface area contributed by atoms with Crippen molar-refractivity contribution in [2.24, 2.45) is 10.9 Å². The summed E-state index contributed by atoms with van der Waals surface area (Å²) in [6.07, 6.45) is 7.44. The summed E-state index contributed by atoms with van der Waals surface area (Å²) in [5.41, 5.74) is 0.621. The molecule has 0 spiro atoms. The molecule has 1 unspecified atom stereocenters. The molecule has 0 amide bonds. The number of hydrogen-bond acceptors (Lipinski definition) is 2. The summed E-state index contributed by atoms with van der Waals surface area (Å²) in [4.78, 5) is 3.35. The van der Waals surface area contributed by atoms with Crippen LogP contribution in [0.4, 0.5) is 23.2 Å². The van der Waals surface area contributed by atoms with Crippen molar-refractivity contribution in [2.45, 2.75) is 45.4 Å². The van der Waals surface area contributed by atoms with Gasteiger partial charge in [0, 0.05) is 16.7 Å². The molecule has 0 bridgehead atoms. The van der Waals surface area contributed by atoms with Gasteiger partial charge in [0.2, 0.25) is 0 Å². The van der Waals surface area contributed by atoms with Gasteiger partial charge in [0.1, 0.15) is 5.69 Å². The van der Waals surface area contributed by atoms with Gasteiger partial charge < -0.3 is 0 Å². The molecule has 1 nitrogen and oxygen atoms in total. The molecule has 6 heteroatoms. The summed E-state index contributed by atoms with van der Waals surface area (Å²) in [5.74, 6) is 2.44. The second-order valence-corrected chi connectivity index (χ2v) is 8.14. The van der Waals surface area contributed by atoms with Crippen LogP contribution in [0.1, 0.15) is 62.1 Å². The zero-order chi connectivity index (χ0) is 23.8. The van der Waals surface area contributed by atoms with E-state index in [0.29, 0.717) is 23.5 Å². The van der Waals surface area contributed by atoms with Crippen molar-refractivity contribution in [1.82, 2.24) is 0 Å². The third kappa shape index (κ3) is 6.51. The first-order valence-corrected chi connectivity index (χ1v) is 11.3. The first-order chi connectivity index (χ1) is 15.9. The van der Waals surface area contributed by atoms with Crippen molar-refractivity contribution in [2.75, 3.05) is 0 Å². The summed E-state index contributed by atoms with van der Waals surface area (Å²) in [6, 6.07) is 8.01. The molecule has 0 aliphatic heterocycles. The van der Waals surface area contributed by atoms with Crippen molar-refractivity contribution >= 4 is 28.9 Å². The molecular formula is C27H23F4NS. The second-order valence-electron chi connectivity index (χ2n) is 7.96. The lowest BCUT2D eigenvalue weighted by Gasteiger charge is -2.21. The molecule has 2 aromatic carbocycles. The van der Waals surface area contributed by atoms with Gasteiger partial charge in [-0.25, -0.2) is 17.6 Å². The Morgan fingerprint density at radius 3 is 2.27 bits per heavy atom. The van der Waals surface area contributed by atoms with Crippen molar-refractivity contribution in [3.05, 3.63) is 82.2 Å². The van der Waals surface area contributed by atoms with Crippen LogP contribution in [0.3, 0.4) is 0 Å². The minimum atomic E-state index is -0.900. The third-order valence-electron chi connectivity index (χ3n) is 5.62. The van der Waals surface area contributed by atoms with Crippen molar-refractivity contribution in [3.8, 4) is 11.8 Å². The number of benzene rings is 2. The van der Waals surface area contributed by atoms with Crippen LogP contribution in [-0.2, 0) is 0 Å². The van der Waals surface area contributed by atoms with Crippen LogP contribution in [0.15, 0.2) is 58.9 Å². The number of isothiocyanates is 1. The fraction of sp³-hybridized carbons (Fsp3) is 0.296. The molecule has 0 N–H and O–H groups in total. The smallest absolute Gasteiger partial charge is 0.166 e. The zero-order valence-electron chi connectivity index (χ0n) is 18.2. The quantitative estimate of drug-likeness (QED) is 0.179. The number of hydrogen-bond donors (Lipinski definition) is 0. The van der Waals surface area contributed by atoms with Gasteiger partial charge in [0.15, 0.2) is 23.3 Å². The molecule has 0 aromatic heterocycles. The molecular weight excluding hydrogens is 446 g/mol. The van der Waals surface area contributed by atoms with Crippen molar-refractivity contribution in [1.29, 1.82) is 0 Å². The number of unbranched alkanes of at least 4 members (excludes halogenated alkanes) is 1. The number of nitrogens with zero attached hydrogens (tertiary/aromatic N) is 1. The highest BCUT2D eigenvalue weighted by atomic mass is 32.1. The molecule has 3 rings (SSSR count). The van der Waals surface area contributed by atoms with E-state index in [9.17, 15) is 17.6 Å². The van der Waals surface area contributed by atoms with Crippen LogP contribution < -0.4 is 0 Å². The van der Waals surface area contributed by atoms with Crippen LogP contribution in [0.5, 0.6) is 0 Å². The van der Waals surface area contributed by atoms with Gasteiger partial charge in [-0.1, -0.05) is 56.2 Å². The summed E-state index contributed by atoms with van der Waals surface area (Å²) < 4.78 is 57.2. The van der Waals surface area contributed by atoms with Crippen LogP contribution in [-0.4, -0.2) is 5.16 Å². The number of allylic oxidation sites excluding steroid dienone is 3. The number of aliphatic imine (C=N–C) groups is 1. The molecule has 1 aliphatic rings. The second kappa shape index (κ2) is 11.7. The van der Waals surface area contributed by atoms with E-state index in [0.717, 1.165) is 44.2 Å². The normalized spacial score (nSPS) is 16.2. The molecule has 0 saturated heterocycles. The molecule has 170 valence electrons. The predicted molar refractivity (Wildman–Crippen MR) is 128 cm³/mol. The maximum atomic E-state index is 14.7. The number of thiocarbonyl (C=S) groups is 1. The Balaban J connectivity index is 1.73. The van der Waals surface area contributed by atoms with E-state index in [1.807, 2.05) is 11.2 Å². The Morgan fingerprint density at radius 2 is 1.70 bits per heavy atom. The fourth-order valence-electron chi connectivity index (χ4n) is 3.74. The Hall–Kier alpha value is -3.00. The standard InChI is InChI=1S/C27H23F4NS/c1-2-3-4-18-7-11-21(12-8-18)25(30)26(31)22-13-9-19(10-14-22)5-6-20-15-23(28)27(32-17-33)24(29)16-20/h9-11,13-16,18H,2-4,7-8,12H2,1H3/b26-25+. The Labute approximate surface area is 196 Å². The summed E-state index contributed by atoms with van der Waals surface area (Å²) in [7, 11) is 0. The lowest BCUT2D eigenvalue weighted by Crippen LogP contribution is -2.06. The molecule has 0 fully saturated rings. The monoisotopic (exact) mass is 469 g/mol. The minimum Gasteiger partial charge on any atom is -0.204 e. The number of halogens is 4. The van der Waals surface area contributed by atoms with E-state index in [-0.39, 0.29) is 11.1 Å². The maximum Gasteiger partial charge on any atom is 0.166 e. The van der Waals surface area contributed by atoms with E-state index in [2.05, 4.69) is 36.0 Å². The fourth-order valence-corrected chi connectivity index (χ4v) is 3.84. The van der Waals surface area contributed by atoms with E-state index in [1.54, 1.807) is 0 Å². The van der Waals surface area contributed by atoms with Gasteiger partial charge in [-0.15, -0.1) is 0 Å². The SMILES string of the molecule is CCCCC1CC=C(/C(F)=C(\F)c2ccc(C#Cc3cc(F)c(N=C=S)c(F)c3)cc2)CC1. The van der Waals surface area contributed by atoms with Gasteiger partial charge in [-0.05, 0) is 67.2 Å². The van der Waals surface area contributed by atoms with Gasteiger partial charge in [-0.2, -0.15) is 4.99 Å². The Kier molecular flexibility index (Phi) is 8.77. The zero-order valence-corrected chi connectivity index (χ0v) is 19.0. The van der Waals surface area contributed by atoms with E-state index in [4.69, 9.17) is 0 Å². The van der Waals surface area contributed by atoms with Gasteiger partial charge in [0.25, 0.3) is 0 Å². The molecule has 0 heterocycles. The molecule has 1 aliphatic carbocycles. The van der Waals surface area contributed by atoms with Crippen molar-refractivity contribution in [3.63, 3.8) is 0 Å². The summed E-state index contributed by atoms with van der Waals surface area (Å²) >= 11 is 4.37. The van der Waals surface area contributed by atoms with E-state index < -0.39 is 29.0 Å². The van der Waals surface area contributed by atoms with Gasteiger partial charge in [-0.3, -0.25) is 0 Å². The third-order valence-corrected chi connectivity index (χ3v) is 5.72. The van der Waals surface area contributed by atoms with Crippen LogP contribution in [0, 0.1) is 29.4 Å². The van der Waals surface area contributed by atoms with Crippen LogP contribution in [0.25, 0.3) is 5.83 Å². The molecule has 1 atom stereocenters. The average Bonchev–Trinajstić information content (AvgIpc) is 2.83. The lowest BCUT2D eigenvalue weighted by atomic mass is 9.85. The van der Waals surface area contributed by atoms with E-state index >= 15 is 0 Å². The molecule has 0 saturated carbocycles. The molecule has 0 radical (unpaired) electrons. The van der Waals surface area contributed by atoms with Crippen molar-refractivity contribution < 1.29 is 17.6 Å². The van der Waals surface area contributed by atoms with Crippen LogP contribution in [0.2, 0.25) is 0 Å². The highest BCUT2D eigenvalue weighted by molar-refractivity contribution is 7.78. The first-order valence-electron chi connectivity index (χ1n) is 10.9. The topological polar surface area (TPSA) is 12.4 Å². The Bertz CT molecular complexity index is 1160. The average molecular weight is 470 g/mol. The predicted octanol–water partition coefficient (Wildman–Crippen LogP) is 8.62. The molecule has 2 aromatic rings. The summed E-state index contributed by atoms with van der Waals surface area (Å²) in [5, 5.41) is 1.92. The lowest BCUT2D eigenvalue weighted by molar-refractivity contribution is 0.417. The van der Waals surface area contributed by atoms with Gasteiger partial charge in [0.05, 0.1) is 5.16 Å². The first kappa shape index (κ1) is 24.6. The highest BCUT2D eigenvalue weighted by Gasteiger charge is 2.20. The minimum absolute atomic E-state index is 0.107. The largest absolute Gasteiger partial charge is 0.204 e. The van der Waals surface area contributed by atoms with Crippen LogP contribution >= 0.6 is 12.2 Å². The summed E-state index contributed by atoms with van der Waals surface area (Å²) in [6.45, 7) is 2.15. The van der Waals surface area contributed by atoms with Gasteiger partial charge >= 0.3 is 0 Å². The Morgan fingerprint density at radius 1 is 1.03 bits per heavy atom. The van der Waals surface area contributed by atoms with E-state index in [1.165, 1.54) is 24.3 Å².